The summed E-state index contributed by atoms with van der Waals surface area (Å²) in [5.41, 5.74) is 1.20. The van der Waals surface area contributed by atoms with Crippen molar-refractivity contribution in [3.05, 3.63) is 66.9 Å². The lowest BCUT2D eigenvalue weighted by Gasteiger charge is -2.11. The minimum Gasteiger partial charge on any atom is -0.493 e. The second-order valence-electron chi connectivity index (χ2n) is 7.14. The van der Waals surface area contributed by atoms with Gasteiger partial charge in [0.15, 0.2) is 17.3 Å². The molecule has 4 aromatic rings. The molecule has 0 bridgehead atoms. The van der Waals surface area contributed by atoms with E-state index in [1.807, 2.05) is 18.2 Å². The van der Waals surface area contributed by atoms with Gasteiger partial charge in [0.05, 0.1) is 23.3 Å². The summed E-state index contributed by atoms with van der Waals surface area (Å²) in [5.74, 6) is 1.70. The molecule has 2 heterocycles. The van der Waals surface area contributed by atoms with Crippen LogP contribution in [0.1, 0.15) is 31.7 Å². The molecule has 0 amide bonds. The Labute approximate surface area is 199 Å². The fraction of sp³-hybridized carbons (Fsp3) is 0.261. The van der Waals surface area contributed by atoms with E-state index in [9.17, 15) is 4.79 Å². The number of ether oxygens (including phenoxy) is 2. The van der Waals surface area contributed by atoms with Gasteiger partial charge in [-0.3, -0.25) is 4.79 Å². The molecule has 166 valence electrons. The molecule has 2 aromatic carbocycles. The molecule has 0 spiro atoms. The molecule has 4 rings (SSSR count). The third kappa shape index (κ3) is 4.75. The number of nitrogens with zero attached hydrogens (tertiary/aromatic N) is 3. The Kier molecular flexibility index (Phi) is 6.98. The van der Waals surface area contributed by atoms with Gasteiger partial charge in [-0.2, -0.15) is 9.50 Å². The molecule has 0 saturated heterocycles. The van der Waals surface area contributed by atoms with Crippen molar-refractivity contribution >= 4 is 45.6 Å². The highest BCUT2D eigenvalue weighted by molar-refractivity contribution is 7.15. The van der Waals surface area contributed by atoms with Crippen molar-refractivity contribution < 1.29 is 9.47 Å². The summed E-state index contributed by atoms with van der Waals surface area (Å²) in [5, 5.41) is 5.30. The van der Waals surface area contributed by atoms with E-state index in [1.54, 1.807) is 31.4 Å². The van der Waals surface area contributed by atoms with Gasteiger partial charge < -0.3 is 9.47 Å². The summed E-state index contributed by atoms with van der Waals surface area (Å²) in [6, 6.07) is 10.7. The second-order valence-corrected chi connectivity index (χ2v) is 8.99. The van der Waals surface area contributed by atoms with Gasteiger partial charge in [-0.05, 0) is 48.4 Å². The van der Waals surface area contributed by atoms with Gasteiger partial charge >= 0.3 is 0 Å². The van der Waals surface area contributed by atoms with Crippen LogP contribution in [0, 0.1) is 0 Å². The maximum absolute atomic E-state index is 12.9. The zero-order valence-corrected chi connectivity index (χ0v) is 19.9. The fourth-order valence-corrected chi connectivity index (χ4v) is 4.60. The number of rotatable bonds is 8. The maximum Gasteiger partial charge on any atom is 0.291 e. The Balaban J connectivity index is 1.63. The van der Waals surface area contributed by atoms with Crippen LogP contribution >= 0.6 is 34.5 Å². The van der Waals surface area contributed by atoms with Crippen molar-refractivity contribution in [2.75, 3.05) is 13.7 Å². The van der Waals surface area contributed by atoms with E-state index >= 15 is 0 Å². The first kappa shape index (κ1) is 22.6. The molecule has 0 saturated carbocycles. The van der Waals surface area contributed by atoms with E-state index in [-0.39, 0.29) is 5.56 Å². The number of hydrogen-bond donors (Lipinski definition) is 0. The summed E-state index contributed by atoms with van der Waals surface area (Å²) in [4.78, 5) is 17.8. The number of benzene rings is 2. The van der Waals surface area contributed by atoms with Gasteiger partial charge in [-0.15, -0.1) is 5.10 Å². The van der Waals surface area contributed by atoms with Crippen molar-refractivity contribution in [3.8, 4) is 22.9 Å². The van der Waals surface area contributed by atoms with Gasteiger partial charge in [-0.25, -0.2) is 0 Å². The molecular weight excluding hydrogens is 469 g/mol. The van der Waals surface area contributed by atoms with Crippen LogP contribution in [0.5, 0.6) is 11.5 Å². The normalized spacial score (nSPS) is 11.9. The lowest BCUT2D eigenvalue weighted by Crippen LogP contribution is -2.23. The van der Waals surface area contributed by atoms with Crippen LogP contribution in [-0.2, 0) is 0 Å². The third-order valence-corrected chi connectivity index (χ3v) is 6.35. The topological polar surface area (TPSA) is 65.7 Å². The van der Waals surface area contributed by atoms with E-state index < -0.39 is 0 Å². The highest BCUT2D eigenvalue weighted by Crippen LogP contribution is 2.29. The molecule has 0 aliphatic heterocycles. The van der Waals surface area contributed by atoms with Gasteiger partial charge in [0.2, 0.25) is 4.96 Å². The summed E-state index contributed by atoms with van der Waals surface area (Å²) < 4.78 is 13.1. The van der Waals surface area contributed by atoms with E-state index in [0.29, 0.717) is 49.0 Å². The molecule has 0 aliphatic rings. The lowest BCUT2D eigenvalue weighted by atomic mass is 10.2. The van der Waals surface area contributed by atoms with Crippen LogP contribution in [0.3, 0.4) is 0 Å². The predicted molar refractivity (Wildman–Crippen MR) is 129 cm³/mol. The van der Waals surface area contributed by atoms with E-state index in [0.717, 1.165) is 24.8 Å². The summed E-state index contributed by atoms with van der Waals surface area (Å²) in [6.45, 7) is 2.80. The van der Waals surface area contributed by atoms with Gasteiger partial charge in [0, 0.05) is 10.6 Å². The summed E-state index contributed by atoms with van der Waals surface area (Å²) in [7, 11) is 1.60. The number of aromatic nitrogens is 3. The summed E-state index contributed by atoms with van der Waals surface area (Å²) in [6.07, 6.45) is 5.06. The Bertz CT molecular complexity index is 1370. The molecule has 0 atom stereocenters. The number of halogens is 2. The second kappa shape index (κ2) is 9.90. The Morgan fingerprint density at radius 2 is 1.97 bits per heavy atom. The number of hydrogen-bond acceptors (Lipinski definition) is 6. The monoisotopic (exact) mass is 489 g/mol. The van der Waals surface area contributed by atoms with Crippen molar-refractivity contribution in [3.63, 3.8) is 0 Å². The number of thiazole rings is 1. The zero-order valence-electron chi connectivity index (χ0n) is 17.6. The molecule has 0 aliphatic carbocycles. The highest BCUT2D eigenvalue weighted by atomic mass is 35.5. The van der Waals surface area contributed by atoms with Crippen molar-refractivity contribution in [2.24, 2.45) is 0 Å². The quantitative estimate of drug-likeness (QED) is 0.316. The first-order valence-corrected chi connectivity index (χ1v) is 11.7. The Morgan fingerprint density at radius 3 is 2.69 bits per heavy atom. The highest BCUT2D eigenvalue weighted by Gasteiger charge is 2.15. The SMILES string of the molecule is CCCCCOc1ccc(/C=c2/sc3nc(-c4ccc(Cl)cc4Cl)nn3c2=O)cc1OC. The average Bonchev–Trinajstić information content (AvgIpc) is 3.31. The van der Waals surface area contributed by atoms with Crippen LogP contribution in [-0.4, -0.2) is 28.3 Å². The summed E-state index contributed by atoms with van der Waals surface area (Å²) >= 11 is 13.5. The number of methoxy groups -OCH3 is 1. The predicted octanol–water partition coefficient (Wildman–Crippen LogP) is 5.25. The van der Waals surface area contributed by atoms with Crippen LogP contribution in [0.4, 0.5) is 0 Å². The first-order valence-electron chi connectivity index (χ1n) is 10.2. The van der Waals surface area contributed by atoms with Gasteiger partial charge in [0.25, 0.3) is 5.56 Å². The van der Waals surface area contributed by atoms with Crippen LogP contribution in [0.25, 0.3) is 22.4 Å². The molecule has 32 heavy (non-hydrogen) atoms. The van der Waals surface area contributed by atoms with Crippen LogP contribution in [0.2, 0.25) is 10.0 Å². The van der Waals surface area contributed by atoms with Crippen molar-refractivity contribution in [1.82, 2.24) is 14.6 Å². The van der Waals surface area contributed by atoms with Crippen LogP contribution < -0.4 is 19.6 Å². The number of fused-ring (bicyclic) bond motifs is 1. The third-order valence-electron chi connectivity index (χ3n) is 4.84. The molecule has 6 nitrogen and oxygen atoms in total. The molecule has 0 radical (unpaired) electrons. The minimum atomic E-state index is -0.243. The van der Waals surface area contributed by atoms with E-state index in [4.69, 9.17) is 32.7 Å². The maximum atomic E-state index is 12.9. The lowest BCUT2D eigenvalue weighted by molar-refractivity contribution is 0.286. The fourth-order valence-electron chi connectivity index (χ4n) is 3.20. The smallest absolute Gasteiger partial charge is 0.291 e. The molecule has 0 unspecified atom stereocenters. The molecule has 0 fully saturated rings. The zero-order chi connectivity index (χ0) is 22.7. The average molecular weight is 490 g/mol. The van der Waals surface area contributed by atoms with Crippen molar-refractivity contribution in [1.29, 1.82) is 0 Å². The molecular formula is C23H21Cl2N3O3S. The number of unbranched alkanes of at least 4 members (excludes halogenated alkanes) is 2. The molecule has 0 N–H and O–H groups in total. The first-order chi connectivity index (χ1) is 15.5. The van der Waals surface area contributed by atoms with E-state index in [2.05, 4.69) is 17.0 Å². The molecule has 2 aromatic heterocycles. The Morgan fingerprint density at radius 1 is 1.12 bits per heavy atom. The minimum absolute atomic E-state index is 0.243. The Hall–Kier alpha value is -2.61. The van der Waals surface area contributed by atoms with E-state index in [1.165, 1.54) is 15.9 Å². The molecule has 9 heteroatoms. The largest absolute Gasteiger partial charge is 0.493 e. The van der Waals surface area contributed by atoms with Crippen LogP contribution in [0.15, 0.2) is 41.2 Å². The van der Waals surface area contributed by atoms with Crippen molar-refractivity contribution in [2.45, 2.75) is 26.2 Å². The van der Waals surface area contributed by atoms with Gasteiger partial charge in [-0.1, -0.05) is 60.4 Å². The standard InChI is InChI=1S/C23H21Cl2N3O3S/c1-3-4-5-10-31-18-9-6-14(11-19(18)30-2)12-20-22(29)28-23(32-20)26-21(27-28)16-8-7-15(24)13-17(16)25/h6-9,11-13H,3-5,10H2,1-2H3/b20-12+. The van der Waals surface area contributed by atoms with Gasteiger partial charge in [0.1, 0.15) is 0 Å².